The van der Waals surface area contributed by atoms with Crippen LogP contribution in [0, 0.1) is 0 Å². The molecular formula is C18H13N3O4S2. The number of aromatic nitrogens is 2. The first kappa shape index (κ1) is 17.4. The van der Waals surface area contributed by atoms with E-state index >= 15 is 0 Å². The van der Waals surface area contributed by atoms with Gasteiger partial charge in [-0.2, -0.15) is 12.8 Å². The van der Waals surface area contributed by atoms with Gasteiger partial charge in [0.05, 0.1) is 34.6 Å². The minimum absolute atomic E-state index is 0.121. The number of ether oxygens (including phenoxy) is 1. The van der Waals surface area contributed by atoms with Gasteiger partial charge in [-0.3, -0.25) is 4.72 Å². The fourth-order valence-corrected chi connectivity index (χ4v) is 4.70. The third-order valence-corrected chi connectivity index (χ3v) is 6.12. The van der Waals surface area contributed by atoms with Gasteiger partial charge in [-0.15, -0.1) is 0 Å². The van der Waals surface area contributed by atoms with E-state index in [-0.39, 0.29) is 16.3 Å². The molecule has 2 aromatic heterocycles. The maximum atomic E-state index is 13.0. The highest BCUT2D eigenvalue weighted by atomic mass is 32.2. The van der Waals surface area contributed by atoms with Crippen molar-refractivity contribution in [2.75, 3.05) is 11.8 Å². The minimum Gasteiger partial charge on any atom is -0.465 e. The zero-order chi connectivity index (χ0) is 19.0. The molecule has 0 fully saturated rings. The van der Waals surface area contributed by atoms with Crippen molar-refractivity contribution in [2.24, 2.45) is 0 Å². The number of methoxy groups -OCH3 is 1. The van der Waals surface area contributed by atoms with Crippen molar-refractivity contribution in [3.63, 3.8) is 0 Å². The summed E-state index contributed by atoms with van der Waals surface area (Å²) < 4.78 is 37.9. The lowest BCUT2D eigenvalue weighted by molar-refractivity contribution is 0.0602. The van der Waals surface area contributed by atoms with E-state index < -0.39 is 16.0 Å². The van der Waals surface area contributed by atoms with E-state index in [2.05, 4.69) is 14.1 Å². The van der Waals surface area contributed by atoms with Crippen LogP contribution in [0.5, 0.6) is 0 Å². The van der Waals surface area contributed by atoms with Crippen molar-refractivity contribution < 1.29 is 17.9 Å². The number of carbonyl (C=O) groups is 1. The summed E-state index contributed by atoms with van der Waals surface area (Å²) in [5.41, 5.74) is 0.248. The lowest BCUT2D eigenvalue weighted by Gasteiger charge is -2.13. The Bertz CT molecular complexity index is 1280. The minimum atomic E-state index is -4.04. The molecular weight excluding hydrogens is 386 g/mol. The average Bonchev–Trinajstić information content (AvgIpc) is 3.15. The fraction of sp³-hybridized carbons (Fsp3) is 0.0556. The number of anilines is 1. The van der Waals surface area contributed by atoms with Gasteiger partial charge in [0.15, 0.2) is 5.03 Å². The maximum absolute atomic E-state index is 13.0. The third-order valence-electron chi connectivity index (χ3n) is 4.04. The number of nitrogens with one attached hydrogen (secondary N) is 1. The molecule has 0 bridgehead atoms. The van der Waals surface area contributed by atoms with E-state index in [0.29, 0.717) is 10.1 Å². The van der Waals surface area contributed by atoms with Crippen LogP contribution in [0.1, 0.15) is 10.4 Å². The third kappa shape index (κ3) is 3.11. The van der Waals surface area contributed by atoms with Gasteiger partial charge in [0.1, 0.15) is 0 Å². The predicted octanol–water partition coefficient (Wildman–Crippen LogP) is 3.43. The number of esters is 1. The van der Waals surface area contributed by atoms with Crippen LogP contribution in [0.15, 0.2) is 59.9 Å². The Morgan fingerprint density at radius 3 is 2.63 bits per heavy atom. The first-order chi connectivity index (χ1) is 13.0. The van der Waals surface area contributed by atoms with E-state index in [4.69, 9.17) is 4.74 Å². The molecule has 0 aliphatic rings. The van der Waals surface area contributed by atoms with Gasteiger partial charge in [-0.25, -0.2) is 9.78 Å². The number of hydrogen-bond donors (Lipinski definition) is 1. The summed E-state index contributed by atoms with van der Waals surface area (Å²) in [7, 11) is -2.80. The van der Waals surface area contributed by atoms with Gasteiger partial charge in [-0.1, -0.05) is 24.3 Å². The number of sulfonamides is 1. The van der Waals surface area contributed by atoms with Crippen LogP contribution in [-0.4, -0.2) is 30.9 Å². The second-order valence-corrected chi connectivity index (χ2v) is 8.13. The highest BCUT2D eigenvalue weighted by Crippen LogP contribution is 2.29. The largest absolute Gasteiger partial charge is 0.465 e. The highest BCUT2D eigenvalue weighted by Gasteiger charge is 2.23. The second-order valence-electron chi connectivity index (χ2n) is 5.70. The molecule has 0 saturated heterocycles. The molecule has 0 aliphatic carbocycles. The number of nitrogens with zero attached hydrogens (tertiary/aromatic N) is 2. The Labute approximate surface area is 158 Å². The van der Waals surface area contributed by atoms with Crippen LogP contribution in [0.4, 0.5) is 5.69 Å². The van der Waals surface area contributed by atoms with Crippen molar-refractivity contribution >= 4 is 54.1 Å². The topological polar surface area (TPSA) is 98.2 Å². The van der Waals surface area contributed by atoms with E-state index in [1.807, 2.05) is 24.3 Å². The summed E-state index contributed by atoms with van der Waals surface area (Å²) >= 11 is 1.18. The smallest absolute Gasteiger partial charge is 0.340 e. The molecule has 0 amide bonds. The quantitative estimate of drug-likeness (QED) is 0.528. The van der Waals surface area contributed by atoms with Gasteiger partial charge >= 0.3 is 5.97 Å². The fourth-order valence-electron chi connectivity index (χ4n) is 2.78. The molecule has 2 aromatic carbocycles. The van der Waals surface area contributed by atoms with Crippen molar-refractivity contribution in [1.29, 1.82) is 0 Å². The molecule has 4 aromatic rings. The molecule has 0 unspecified atom stereocenters. The van der Waals surface area contributed by atoms with Crippen LogP contribution in [0.25, 0.3) is 20.9 Å². The zero-order valence-electron chi connectivity index (χ0n) is 14.0. The molecule has 136 valence electrons. The van der Waals surface area contributed by atoms with Crippen LogP contribution in [-0.2, 0) is 14.8 Å². The summed E-state index contributed by atoms with van der Waals surface area (Å²) in [6.45, 7) is 0. The molecule has 0 atom stereocenters. The molecule has 9 heteroatoms. The molecule has 0 spiro atoms. The SMILES string of the molecule is COC(=O)c1cc2ccccc2cc1NS(=O)(=O)c1nccc2sncc12. The van der Waals surface area contributed by atoms with E-state index in [1.54, 1.807) is 18.2 Å². The normalized spacial score (nSPS) is 11.6. The van der Waals surface area contributed by atoms with Gasteiger partial charge in [0, 0.05) is 6.20 Å². The summed E-state index contributed by atoms with van der Waals surface area (Å²) in [6, 6.07) is 12.2. The van der Waals surface area contributed by atoms with Crippen LogP contribution < -0.4 is 4.72 Å². The van der Waals surface area contributed by atoms with Gasteiger partial charge < -0.3 is 4.74 Å². The van der Waals surface area contributed by atoms with Crippen molar-refractivity contribution in [1.82, 2.24) is 9.36 Å². The molecule has 4 rings (SSSR count). The molecule has 1 N–H and O–H groups in total. The number of carbonyl (C=O) groups excluding carboxylic acids is 1. The number of pyridine rings is 1. The molecule has 0 saturated carbocycles. The summed E-state index contributed by atoms with van der Waals surface area (Å²) in [5.74, 6) is -0.637. The van der Waals surface area contributed by atoms with E-state index in [1.165, 1.54) is 31.0 Å². The molecule has 27 heavy (non-hydrogen) atoms. The Hall–Kier alpha value is -3.04. The monoisotopic (exact) mass is 399 g/mol. The Morgan fingerprint density at radius 1 is 1.15 bits per heavy atom. The Morgan fingerprint density at radius 2 is 1.89 bits per heavy atom. The number of rotatable bonds is 4. The Kier molecular flexibility index (Phi) is 4.25. The lowest BCUT2D eigenvalue weighted by atomic mass is 10.1. The first-order valence-corrected chi connectivity index (χ1v) is 10.1. The number of fused-ring (bicyclic) bond motifs is 2. The maximum Gasteiger partial charge on any atom is 0.340 e. The highest BCUT2D eigenvalue weighted by molar-refractivity contribution is 7.92. The van der Waals surface area contributed by atoms with Crippen molar-refractivity contribution in [3.05, 3.63) is 60.4 Å². The predicted molar refractivity (Wildman–Crippen MR) is 104 cm³/mol. The van der Waals surface area contributed by atoms with E-state index in [9.17, 15) is 13.2 Å². The van der Waals surface area contributed by atoms with Gasteiger partial charge in [0.25, 0.3) is 10.0 Å². The summed E-state index contributed by atoms with van der Waals surface area (Å²) in [6.07, 6.45) is 2.87. The lowest BCUT2D eigenvalue weighted by Crippen LogP contribution is -2.17. The van der Waals surface area contributed by atoms with Crippen LogP contribution >= 0.6 is 11.5 Å². The average molecular weight is 399 g/mol. The zero-order valence-corrected chi connectivity index (χ0v) is 15.7. The molecule has 7 nitrogen and oxygen atoms in total. The molecule has 0 radical (unpaired) electrons. The van der Waals surface area contributed by atoms with Crippen LogP contribution in [0.3, 0.4) is 0 Å². The summed E-state index contributed by atoms with van der Waals surface area (Å²) in [5, 5.41) is 1.86. The summed E-state index contributed by atoms with van der Waals surface area (Å²) in [4.78, 5) is 16.2. The molecule has 2 heterocycles. The van der Waals surface area contributed by atoms with Crippen molar-refractivity contribution in [3.8, 4) is 0 Å². The van der Waals surface area contributed by atoms with Crippen molar-refractivity contribution in [2.45, 2.75) is 5.03 Å². The molecule has 0 aliphatic heterocycles. The van der Waals surface area contributed by atoms with Crippen LogP contribution in [0.2, 0.25) is 0 Å². The van der Waals surface area contributed by atoms with E-state index in [0.717, 1.165) is 10.8 Å². The second kappa shape index (κ2) is 6.60. The van der Waals surface area contributed by atoms with Gasteiger partial charge in [-0.05, 0) is 40.5 Å². The standard InChI is InChI=1S/C18H13N3O4S2/c1-25-18(22)13-8-11-4-2-3-5-12(11)9-15(13)21-27(23,24)17-14-10-20-26-16(14)6-7-19-17/h2-10,21H,1H3. The van der Waals surface area contributed by atoms with Gasteiger partial charge in [0.2, 0.25) is 0 Å². The number of hydrogen-bond acceptors (Lipinski definition) is 7. The first-order valence-electron chi connectivity index (χ1n) is 7.83. The Balaban J connectivity index is 1.87. The number of benzene rings is 2.